The average molecular weight is 661 g/mol. The average Bonchev–Trinajstić information content (AvgIpc) is 3.16. The van der Waals surface area contributed by atoms with E-state index in [1.165, 1.54) is 13.2 Å². The summed E-state index contributed by atoms with van der Waals surface area (Å²) in [6.45, 7) is -0.505. The Morgan fingerprint density at radius 2 is 1.95 bits per heavy atom. The number of methoxy groups -OCH3 is 1. The maximum Gasteiger partial charge on any atom is 0.294 e. The number of thioether (sulfide) groups is 1. The van der Waals surface area contributed by atoms with Crippen molar-refractivity contribution in [3.05, 3.63) is 91.4 Å². The van der Waals surface area contributed by atoms with Crippen LogP contribution in [0.1, 0.15) is 16.7 Å². The summed E-state index contributed by atoms with van der Waals surface area (Å²) in [6.07, 6.45) is 1.49. The molecule has 1 heterocycles. The van der Waals surface area contributed by atoms with Crippen molar-refractivity contribution in [1.29, 1.82) is 5.26 Å². The summed E-state index contributed by atoms with van der Waals surface area (Å²) in [5, 5.41) is 10.8. The zero-order valence-corrected chi connectivity index (χ0v) is 23.1. The standard InChI is InChI=1S/C27H18F2IN3O5S/c1-37-22-9-15(8-20(30)25(22)38-14-17-5-3-2-4-16(17)12-31)10-23-26(35)33(27(36)39-23)13-24(34)32-21-7-6-18(28)11-19(21)29/h2-11H,13-14H2,1H3,(H,32,34)/b23-10+. The maximum absolute atomic E-state index is 13.8. The molecule has 12 heteroatoms. The molecule has 1 aliphatic heterocycles. The third-order valence-corrected chi connectivity index (χ3v) is 7.15. The number of benzene rings is 3. The Labute approximate surface area is 239 Å². The quantitative estimate of drug-likeness (QED) is 0.244. The molecule has 3 aromatic carbocycles. The first-order chi connectivity index (χ1) is 18.7. The number of carbonyl (C=O) groups is 3. The number of anilines is 1. The summed E-state index contributed by atoms with van der Waals surface area (Å²) >= 11 is 2.71. The fourth-order valence-corrected chi connectivity index (χ4v) is 5.20. The second-order valence-electron chi connectivity index (χ2n) is 8.03. The van der Waals surface area contributed by atoms with Crippen LogP contribution in [0.25, 0.3) is 6.08 Å². The number of imide groups is 1. The first-order valence-corrected chi connectivity index (χ1v) is 13.1. The van der Waals surface area contributed by atoms with Gasteiger partial charge in [0.2, 0.25) is 5.91 Å². The maximum atomic E-state index is 13.8. The van der Waals surface area contributed by atoms with Crippen LogP contribution in [0.5, 0.6) is 11.5 Å². The molecule has 0 unspecified atom stereocenters. The van der Waals surface area contributed by atoms with Gasteiger partial charge in [-0.2, -0.15) is 5.26 Å². The molecular weight excluding hydrogens is 643 g/mol. The first-order valence-electron chi connectivity index (χ1n) is 11.2. The summed E-state index contributed by atoms with van der Waals surface area (Å²) in [5.74, 6) is -2.48. The van der Waals surface area contributed by atoms with Crippen LogP contribution in [-0.4, -0.2) is 35.6 Å². The summed E-state index contributed by atoms with van der Waals surface area (Å²) in [5.41, 5.74) is 1.48. The van der Waals surface area contributed by atoms with E-state index in [-0.39, 0.29) is 17.2 Å². The van der Waals surface area contributed by atoms with Gasteiger partial charge in [-0.15, -0.1) is 0 Å². The van der Waals surface area contributed by atoms with E-state index in [0.29, 0.717) is 49.6 Å². The molecule has 1 saturated heterocycles. The van der Waals surface area contributed by atoms with E-state index in [1.807, 2.05) is 6.07 Å². The van der Waals surface area contributed by atoms with Crippen LogP contribution in [0.2, 0.25) is 0 Å². The molecule has 1 fully saturated rings. The zero-order valence-electron chi connectivity index (χ0n) is 20.2. The topological polar surface area (TPSA) is 109 Å². The fraction of sp³-hybridized carbons (Fsp3) is 0.111. The Morgan fingerprint density at radius 1 is 1.18 bits per heavy atom. The van der Waals surface area contributed by atoms with E-state index in [2.05, 4.69) is 34.0 Å². The van der Waals surface area contributed by atoms with Crippen molar-refractivity contribution in [3.8, 4) is 17.6 Å². The molecular formula is C27H18F2IN3O5S. The first kappa shape index (κ1) is 28.1. The number of ether oxygens (including phenoxy) is 2. The lowest BCUT2D eigenvalue weighted by Gasteiger charge is -2.14. The van der Waals surface area contributed by atoms with Crippen molar-refractivity contribution in [2.24, 2.45) is 0 Å². The van der Waals surface area contributed by atoms with Crippen molar-refractivity contribution >= 4 is 63.2 Å². The summed E-state index contributed by atoms with van der Waals surface area (Å²) < 4.78 is 39.0. The lowest BCUT2D eigenvalue weighted by Crippen LogP contribution is -2.36. The highest BCUT2D eigenvalue weighted by molar-refractivity contribution is 14.1. The van der Waals surface area contributed by atoms with Crippen LogP contribution in [-0.2, 0) is 16.2 Å². The Bertz CT molecular complexity index is 1560. The third kappa shape index (κ3) is 6.55. The number of amides is 3. The summed E-state index contributed by atoms with van der Waals surface area (Å²) in [4.78, 5) is 38.5. The predicted octanol–water partition coefficient (Wildman–Crippen LogP) is 5.70. The Hall–Kier alpha value is -3.96. The van der Waals surface area contributed by atoms with Gasteiger partial charge in [-0.25, -0.2) is 8.78 Å². The van der Waals surface area contributed by atoms with Gasteiger partial charge in [0.15, 0.2) is 11.5 Å². The fourth-order valence-electron chi connectivity index (χ4n) is 3.58. The number of carbonyl (C=O) groups excluding carboxylic acids is 3. The molecule has 4 rings (SSSR count). The van der Waals surface area contributed by atoms with Gasteiger partial charge < -0.3 is 14.8 Å². The SMILES string of the molecule is COc1cc(/C=C2/SC(=O)N(CC(=O)Nc3ccc(F)cc3F)C2=O)cc(I)c1OCc1ccccc1C#N. The molecule has 0 bridgehead atoms. The molecule has 0 atom stereocenters. The summed E-state index contributed by atoms with van der Waals surface area (Å²) in [7, 11) is 1.46. The van der Waals surface area contributed by atoms with Crippen LogP contribution >= 0.6 is 34.4 Å². The lowest BCUT2D eigenvalue weighted by atomic mass is 10.1. The van der Waals surface area contributed by atoms with E-state index in [4.69, 9.17) is 9.47 Å². The van der Waals surface area contributed by atoms with Gasteiger partial charge in [0, 0.05) is 11.6 Å². The van der Waals surface area contributed by atoms with Gasteiger partial charge in [0.25, 0.3) is 11.1 Å². The number of nitrogens with zero attached hydrogens (tertiary/aromatic N) is 2. The molecule has 198 valence electrons. The molecule has 1 N–H and O–H groups in total. The van der Waals surface area contributed by atoms with Crippen LogP contribution in [0, 0.1) is 26.5 Å². The van der Waals surface area contributed by atoms with Crippen LogP contribution < -0.4 is 14.8 Å². The van der Waals surface area contributed by atoms with Gasteiger partial charge in [0.05, 0.1) is 32.9 Å². The second kappa shape index (κ2) is 12.3. The highest BCUT2D eigenvalue weighted by atomic mass is 127. The minimum absolute atomic E-state index is 0.0789. The molecule has 3 aromatic rings. The van der Waals surface area contributed by atoms with Crippen LogP contribution in [0.3, 0.4) is 0 Å². The number of halogens is 3. The van der Waals surface area contributed by atoms with Crippen molar-refractivity contribution < 1.29 is 32.6 Å². The van der Waals surface area contributed by atoms with Gasteiger partial charge in [-0.05, 0) is 76.3 Å². The number of rotatable bonds is 8. The normalized spacial score (nSPS) is 13.9. The van der Waals surface area contributed by atoms with Gasteiger partial charge in [-0.1, -0.05) is 18.2 Å². The van der Waals surface area contributed by atoms with Gasteiger partial charge in [0.1, 0.15) is 24.8 Å². The molecule has 3 amide bonds. The lowest BCUT2D eigenvalue weighted by molar-refractivity contribution is -0.127. The zero-order chi connectivity index (χ0) is 28.1. The van der Waals surface area contributed by atoms with E-state index >= 15 is 0 Å². The number of nitrogens with one attached hydrogen (secondary N) is 1. The van der Waals surface area contributed by atoms with Crippen molar-refractivity contribution in [3.63, 3.8) is 0 Å². The molecule has 0 saturated carbocycles. The highest BCUT2D eigenvalue weighted by Crippen LogP contribution is 2.37. The van der Waals surface area contributed by atoms with E-state index in [9.17, 15) is 28.4 Å². The summed E-state index contributed by atoms with van der Waals surface area (Å²) in [6, 6.07) is 15.2. The predicted molar refractivity (Wildman–Crippen MR) is 149 cm³/mol. The Kier molecular flexibility index (Phi) is 8.82. The minimum Gasteiger partial charge on any atom is -0.493 e. The smallest absolute Gasteiger partial charge is 0.294 e. The molecule has 8 nitrogen and oxygen atoms in total. The molecule has 0 radical (unpaired) electrons. The van der Waals surface area contributed by atoms with Crippen molar-refractivity contribution in [2.75, 3.05) is 19.0 Å². The number of nitriles is 1. The second-order valence-corrected chi connectivity index (χ2v) is 10.2. The largest absolute Gasteiger partial charge is 0.493 e. The Balaban J connectivity index is 1.48. The van der Waals surface area contributed by atoms with E-state index in [1.54, 1.807) is 30.3 Å². The molecule has 0 spiro atoms. The minimum atomic E-state index is -0.984. The highest BCUT2D eigenvalue weighted by Gasteiger charge is 2.36. The molecule has 0 aromatic heterocycles. The van der Waals surface area contributed by atoms with Gasteiger partial charge in [-0.3, -0.25) is 19.3 Å². The van der Waals surface area contributed by atoms with E-state index < -0.39 is 35.2 Å². The van der Waals surface area contributed by atoms with Crippen molar-refractivity contribution in [2.45, 2.75) is 6.61 Å². The van der Waals surface area contributed by atoms with Crippen molar-refractivity contribution in [1.82, 2.24) is 4.90 Å². The molecule has 1 aliphatic rings. The molecule has 0 aliphatic carbocycles. The number of hydrogen-bond donors (Lipinski definition) is 1. The van der Waals surface area contributed by atoms with Crippen LogP contribution in [0.4, 0.5) is 19.3 Å². The molecule has 39 heavy (non-hydrogen) atoms. The third-order valence-electron chi connectivity index (χ3n) is 5.44. The van der Waals surface area contributed by atoms with Crippen LogP contribution in [0.15, 0.2) is 59.5 Å². The monoisotopic (exact) mass is 661 g/mol. The van der Waals surface area contributed by atoms with E-state index in [0.717, 1.165) is 17.0 Å². The van der Waals surface area contributed by atoms with Gasteiger partial charge >= 0.3 is 0 Å². The Morgan fingerprint density at radius 3 is 2.67 bits per heavy atom. The number of hydrogen-bond acceptors (Lipinski definition) is 7.